The molecule has 0 fully saturated rings. The molecule has 0 heterocycles. The summed E-state index contributed by atoms with van der Waals surface area (Å²) in [6.45, 7) is 6.82. The summed E-state index contributed by atoms with van der Waals surface area (Å²) in [5.41, 5.74) is 9.45. The van der Waals surface area contributed by atoms with Crippen LogP contribution >= 0.6 is 0 Å². The largest absolute Gasteiger partial charge is 0.330 e. The van der Waals surface area contributed by atoms with E-state index in [-0.39, 0.29) is 0 Å². The van der Waals surface area contributed by atoms with Gasteiger partial charge < -0.3 is 10.9 Å². The summed E-state index contributed by atoms with van der Waals surface area (Å²) in [7, 11) is 0. The second-order valence-corrected chi connectivity index (χ2v) is 2.52. The maximum Gasteiger partial charge on any atom is 0.0418 e. The van der Waals surface area contributed by atoms with Crippen LogP contribution in [0.25, 0.3) is 0 Å². The zero-order chi connectivity index (χ0) is 8.69. The van der Waals surface area contributed by atoms with Crippen molar-refractivity contribution in [1.82, 2.24) is 5.48 Å². The number of allylic oxidation sites excluding steroid dienone is 1. The Kier molecular flexibility index (Phi) is 5.74. The van der Waals surface area contributed by atoms with Gasteiger partial charge in [0.15, 0.2) is 0 Å². The van der Waals surface area contributed by atoms with Crippen molar-refractivity contribution in [2.24, 2.45) is 5.73 Å². The molecule has 0 aromatic rings. The van der Waals surface area contributed by atoms with Crippen LogP contribution in [0.1, 0.15) is 13.3 Å². The van der Waals surface area contributed by atoms with E-state index in [1.54, 1.807) is 0 Å². The van der Waals surface area contributed by atoms with E-state index in [0.717, 1.165) is 17.6 Å². The highest BCUT2D eigenvalue weighted by Gasteiger charge is 1.90. The van der Waals surface area contributed by atoms with Gasteiger partial charge >= 0.3 is 0 Å². The molecule has 0 aliphatic carbocycles. The van der Waals surface area contributed by atoms with Gasteiger partial charge in [0.2, 0.25) is 0 Å². The predicted octanol–water partition coefficient (Wildman–Crippen LogP) is 0.817. The van der Waals surface area contributed by atoms with Crippen molar-refractivity contribution in [3.05, 3.63) is 23.8 Å². The van der Waals surface area contributed by atoms with Crippen molar-refractivity contribution in [2.75, 3.05) is 13.1 Å². The standard InChI is InChI=1S/C8H16N2O/c1-7(3-4-9)5-8(2)6-10-11/h5,10-11H,1,3-4,6,9H2,2H3/b8-5-. The van der Waals surface area contributed by atoms with Crippen molar-refractivity contribution in [3.8, 4) is 0 Å². The van der Waals surface area contributed by atoms with E-state index in [1.165, 1.54) is 0 Å². The molecule has 0 saturated carbocycles. The average Bonchev–Trinajstić information content (AvgIpc) is 1.87. The van der Waals surface area contributed by atoms with E-state index in [2.05, 4.69) is 12.1 Å². The zero-order valence-electron chi connectivity index (χ0n) is 6.93. The Bertz CT molecular complexity index is 152. The molecule has 0 amide bonds. The van der Waals surface area contributed by atoms with Crippen LogP contribution in [0.2, 0.25) is 0 Å². The quantitative estimate of drug-likeness (QED) is 0.408. The molecule has 64 valence electrons. The number of nitrogens with two attached hydrogens (primary N) is 1. The van der Waals surface area contributed by atoms with E-state index >= 15 is 0 Å². The van der Waals surface area contributed by atoms with Crippen LogP contribution in [0.15, 0.2) is 23.8 Å². The smallest absolute Gasteiger partial charge is 0.0418 e. The van der Waals surface area contributed by atoms with Gasteiger partial charge in [0, 0.05) is 6.54 Å². The van der Waals surface area contributed by atoms with Crippen molar-refractivity contribution in [3.63, 3.8) is 0 Å². The average molecular weight is 156 g/mol. The molecule has 4 N–H and O–H groups in total. The molecule has 3 nitrogen and oxygen atoms in total. The third-order valence-corrected chi connectivity index (χ3v) is 1.27. The van der Waals surface area contributed by atoms with Gasteiger partial charge in [0.05, 0.1) is 0 Å². The molecule has 0 aromatic heterocycles. The first kappa shape index (κ1) is 10.4. The minimum absolute atomic E-state index is 0.476. The Balaban J connectivity index is 3.76. The van der Waals surface area contributed by atoms with Crippen LogP contribution in [0, 0.1) is 0 Å². The van der Waals surface area contributed by atoms with Crippen LogP contribution in [0.5, 0.6) is 0 Å². The lowest BCUT2D eigenvalue weighted by Gasteiger charge is -2.00. The molecule has 0 aromatic carbocycles. The molecule has 0 atom stereocenters. The van der Waals surface area contributed by atoms with Crippen molar-refractivity contribution >= 4 is 0 Å². The van der Waals surface area contributed by atoms with E-state index < -0.39 is 0 Å². The minimum Gasteiger partial charge on any atom is -0.330 e. The summed E-state index contributed by atoms with van der Waals surface area (Å²) in [4.78, 5) is 0. The molecular weight excluding hydrogens is 140 g/mol. The van der Waals surface area contributed by atoms with Crippen molar-refractivity contribution in [1.29, 1.82) is 0 Å². The van der Waals surface area contributed by atoms with Crippen LogP contribution in [0.4, 0.5) is 0 Å². The van der Waals surface area contributed by atoms with Gasteiger partial charge in [-0.15, -0.1) is 0 Å². The number of hydrogen-bond donors (Lipinski definition) is 3. The second kappa shape index (κ2) is 6.09. The summed E-state index contributed by atoms with van der Waals surface area (Å²) in [6.07, 6.45) is 2.73. The Morgan fingerprint density at radius 1 is 1.73 bits per heavy atom. The summed E-state index contributed by atoms with van der Waals surface area (Å²) in [5, 5.41) is 8.33. The maximum absolute atomic E-state index is 8.33. The SMILES string of the molecule is C=C(/C=C(/C)CNO)CCN. The summed E-state index contributed by atoms with van der Waals surface area (Å²) in [6, 6.07) is 0. The molecule has 11 heavy (non-hydrogen) atoms. The highest BCUT2D eigenvalue weighted by molar-refractivity contribution is 5.20. The third kappa shape index (κ3) is 5.79. The van der Waals surface area contributed by atoms with E-state index in [9.17, 15) is 0 Å². The summed E-state index contributed by atoms with van der Waals surface area (Å²) >= 11 is 0. The van der Waals surface area contributed by atoms with Gasteiger partial charge in [0.25, 0.3) is 0 Å². The second-order valence-electron chi connectivity index (χ2n) is 2.52. The van der Waals surface area contributed by atoms with Crippen LogP contribution in [-0.4, -0.2) is 18.3 Å². The highest BCUT2D eigenvalue weighted by Crippen LogP contribution is 2.02. The number of nitrogens with one attached hydrogen (secondary N) is 1. The Labute approximate surface area is 67.6 Å². The fourth-order valence-corrected chi connectivity index (χ4v) is 0.782. The Hall–Kier alpha value is -0.640. The molecule has 0 aliphatic rings. The molecule has 0 saturated heterocycles. The van der Waals surface area contributed by atoms with Crippen LogP contribution in [-0.2, 0) is 0 Å². The lowest BCUT2D eigenvalue weighted by atomic mass is 10.1. The lowest BCUT2D eigenvalue weighted by Crippen LogP contribution is -2.09. The van der Waals surface area contributed by atoms with E-state index in [4.69, 9.17) is 10.9 Å². The zero-order valence-corrected chi connectivity index (χ0v) is 6.93. The van der Waals surface area contributed by atoms with Gasteiger partial charge in [-0.1, -0.05) is 23.8 Å². The molecule has 0 radical (unpaired) electrons. The van der Waals surface area contributed by atoms with Gasteiger partial charge in [-0.3, -0.25) is 0 Å². The molecule has 0 spiro atoms. The molecule has 0 rings (SSSR count). The monoisotopic (exact) mass is 156 g/mol. The molecule has 3 heteroatoms. The van der Waals surface area contributed by atoms with Gasteiger partial charge in [0.1, 0.15) is 0 Å². The number of hydroxylamine groups is 1. The van der Waals surface area contributed by atoms with Crippen LogP contribution < -0.4 is 11.2 Å². The van der Waals surface area contributed by atoms with Gasteiger partial charge in [-0.25, -0.2) is 5.48 Å². The van der Waals surface area contributed by atoms with E-state index in [1.807, 2.05) is 13.0 Å². The number of hydrogen-bond acceptors (Lipinski definition) is 3. The maximum atomic E-state index is 8.33. The van der Waals surface area contributed by atoms with Gasteiger partial charge in [-0.2, -0.15) is 0 Å². The fraction of sp³-hybridized carbons (Fsp3) is 0.500. The topological polar surface area (TPSA) is 58.3 Å². The summed E-state index contributed by atoms with van der Waals surface area (Å²) in [5.74, 6) is 0. The van der Waals surface area contributed by atoms with Crippen molar-refractivity contribution in [2.45, 2.75) is 13.3 Å². The predicted molar refractivity (Wildman–Crippen MR) is 46.4 cm³/mol. The van der Waals surface area contributed by atoms with E-state index in [0.29, 0.717) is 13.1 Å². The van der Waals surface area contributed by atoms with Crippen LogP contribution in [0.3, 0.4) is 0 Å². The first-order valence-corrected chi connectivity index (χ1v) is 3.62. The first-order chi connectivity index (χ1) is 5.20. The van der Waals surface area contributed by atoms with Gasteiger partial charge in [-0.05, 0) is 19.9 Å². The molecule has 0 aliphatic heterocycles. The molecule has 0 unspecified atom stereocenters. The summed E-state index contributed by atoms with van der Waals surface area (Å²) < 4.78 is 0. The molecular formula is C8H16N2O. The lowest BCUT2D eigenvalue weighted by molar-refractivity contribution is 0.177. The Morgan fingerprint density at radius 2 is 2.36 bits per heavy atom. The fourth-order valence-electron chi connectivity index (χ4n) is 0.782. The highest BCUT2D eigenvalue weighted by atomic mass is 16.5. The number of rotatable bonds is 5. The van der Waals surface area contributed by atoms with Crippen molar-refractivity contribution < 1.29 is 5.21 Å². The third-order valence-electron chi connectivity index (χ3n) is 1.27. The Morgan fingerprint density at radius 3 is 2.82 bits per heavy atom. The normalized spacial score (nSPS) is 11.7. The first-order valence-electron chi connectivity index (χ1n) is 3.62. The molecule has 0 bridgehead atoms. The minimum atomic E-state index is 0.476.